The standard InChI is InChI=1S/C9H8F3N3S/c10-9(11,12)4-14-8-15-6-2-1-5(13)3-7(6)16-8/h1-3H,4,13H2,(H,14,15). The van der Waals surface area contributed by atoms with Crippen LogP contribution in [0.5, 0.6) is 0 Å². The minimum absolute atomic E-state index is 0.248. The molecule has 0 aliphatic heterocycles. The van der Waals surface area contributed by atoms with E-state index in [1.807, 2.05) is 0 Å². The predicted octanol–water partition coefficient (Wildman–Crippen LogP) is 2.85. The van der Waals surface area contributed by atoms with E-state index in [1.165, 1.54) is 0 Å². The number of hydrogen-bond donors (Lipinski definition) is 2. The zero-order chi connectivity index (χ0) is 11.8. The first-order valence-electron chi connectivity index (χ1n) is 4.41. The summed E-state index contributed by atoms with van der Waals surface area (Å²) >= 11 is 1.15. The van der Waals surface area contributed by atoms with Crippen LogP contribution in [-0.4, -0.2) is 17.7 Å². The number of thiazole rings is 1. The summed E-state index contributed by atoms with van der Waals surface area (Å²) in [7, 11) is 0. The van der Waals surface area contributed by atoms with Crippen molar-refractivity contribution in [2.75, 3.05) is 17.6 Å². The number of nitrogens with zero attached hydrogens (tertiary/aromatic N) is 1. The van der Waals surface area contributed by atoms with Crippen molar-refractivity contribution < 1.29 is 13.2 Å². The average Bonchev–Trinajstić information content (AvgIpc) is 2.55. The first-order chi connectivity index (χ1) is 7.44. The normalized spacial score (nSPS) is 11.9. The Morgan fingerprint density at radius 2 is 2.12 bits per heavy atom. The highest BCUT2D eigenvalue weighted by Crippen LogP contribution is 2.28. The maximum atomic E-state index is 12.0. The topological polar surface area (TPSA) is 50.9 Å². The Morgan fingerprint density at radius 1 is 1.38 bits per heavy atom. The van der Waals surface area contributed by atoms with Gasteiger partial charge in [-0.2, -0.15) is 13.2 Å². The molecule has 1 aromatic carbocycles. The third kappa shape index (κ3) is 2.54. The number of halogens is 3. The fourth-order valence-corrected chi connectivity index (χ4v) is 2.10. The zero-order valence-corrected chi connectivity index (χ0v) is 8.82. The lowest BCUT2D eigenvalue weighted by molar-refractivity contribution is -0.115. The Labute approximate surface area is 93.1 Å². The Kier molecular flexibility index (Phi) is 2.63. The molecule has 0 amide bonds. The van der Waals surface area contributed by atoms with E-state index >= 15 is 0 Å². The summed E-state index contributed by atoms with van der Waals surface area (Å²) in [5, 5.41) is 2.48. The van der Waals surface area contributed by atoms with Crippen LogP contribution in [0.3, 0.4) is 0 Å². The summed E-state index contributed by atoms with van der Waals surface area (Å²) in [6, 6.07) is 5.03. The molecular weight excluding hydrogens is 239 g/mol. The van der Waals surface area contributed by atoms with Gasteiger partial charge in [-0.25, -0.2) is 4.98 Å². The number of rotatable bonds is 2. The molecule has 0 spiro atoms. The fraction of sp³-hybridized carbons (Fsp3) is 0.222. The summed E-state index contributed by atoms with van der Waals surface area (Å²) in [6.45, 7) is -1.08. The van der Waals surface area contributed by atoms with E-state index in [0.717, 1.165) is 16.0 Å². The Hall–Kier alpha value is -1.50. The van der Waals surface area contributed by atoms with Gasteiger partial charge >= 0.3 is 6.18 Å². The van der Waals surface area contributed by atoms with Gasteiger partial charge in [0.15, 0.2) is 5.13 Å². The second kappa shape index (κ2) is 3.82. The first-order valence-corrected chi connectivity index (χ1v) is 5.22. The van der Waals surface area contributed by atoms with Crippen LogP contribution in [0.15, 0.2) is 18.2 Å². The van der Waals surface area contributed by atoms with Crippen molar-refractivity contribution in [2.45, 2.75) is 6.18 Å². The third-order valence-electron chi connectivity index (χ3n) is 1.85. The molecule has 1 heterocycles. The molecule has 0 saturated carbocycles. The van der Waals surface area contributed by atoms with Gasteiger partial charge in [-0.3, -0.25) is 0 Å². The first kappa shape index (κ1) is 11.0. The van der Waals surface area contributed by atoms with Crippen molar-refractivity contribution in [3.05, 3.63) is 18.2 Å². The lowest BCUT2D eigenvalue weighted by Crippen LogP contribution is -2.21. The Bertz CT molecular complexity index is 506. The molecular formula is C9H8F3N3S. The number of anilines is 2. The molecule has 7 heteroatoms. The molecule has 0 fully saturated rings. The third-order valence-corrected chi connectivity index (χ3v) is 2.83. The van der Waals surface area contributed by atoms with E-state index < -0.39 is 12.7 Å². The number of nitrogens with one attached hydrogen (secondary N) is 1. The summed E-state index contributed by atoms with van der Waals surface area (Å²) in [4.78, 5) is 4.01. The predicted molar refractivity (Wildman–Crippen MR) is 58.6 cm³/mol. The quantitative estimate of drug-likeness (QED) is 0.802. The van der Waals surface area contributed by atoms with Crippen LogP contribution in [0.2, 0.25) is 0 Å². The molecule has 2 aromatic rings. The highest BCUT2D eigenvalue weighted by Gasteiger charge is 2.27. The molecule has 0 saturated heterocycles. The van der Waals surface area contributed by atoms with E-state index in [4.69, 9.17) is 5.73 Å². The molecule has 1 aromatic heterocycles. The lowest BCUT2D eigenvalue weighted by atomic mass is 10.3. The second-order valence-electron chi connectivity index (χ2n) is 3.21. The van der Waals surface area contributed by atoms with Crippen molar-refractivity contribution in [3.63, 3.8) is 0 Å². The molecule has 0 bridgehead atoms. The van der Waals surface area contributed by atoms with E-state index in [0.29, 0.717) is 11.2 Å². The number of fused-ring (bicyclic) bond motifs is 1. The van der Waals surface area contributed by atoms with E-state index in [9.17, 15) is 13.2 Å². The van der Waals surface area contributed by atoms with Crippen LogP contribution < -0.4 is 11.1 Å². The Balaban J connectivity index is 2.20. The minimum Gasteiger partial charge on any atom is -0.399 e. The van der Waals surface area contributed by atoms with Crippen molar-refractivity contribution in [1.82, 2.24) is 4.98 Å². The maximum Gasteiger partial charge on any atom is 0.405 e. The fourth-order valence-electron chi connectivity index (χ4n) is 1.19. The van der Waals surface area contributed by atoms with Gasteiger partial charge in [-0.05, 0) is 18.2 Å². The largest absolute Gasteiger partial charge is 0.405 e. The van der Waals surface area contributed by atoms with Crippen LogP contribution in [-0.2, 0) is 0 Å². The van der Waals surface area contributed by atoms with Gasteiger partial charge in [-0.15, -0.1) is 0 Å². The number of aromatic nitrogens is 1. The van der Waals surface area contributed by atoms with Crippen molar-refractivity contribution in [1.29, 1.82) is 0 Å². The molecule has 0 aliphatic rings. The Morgan fingerprint density at radius 3 is 2.81 bits per heavy atom. The monoisotopic (exact) mass is 247 g/mol. The van der Waals surface area contributed by atoms with E-state index in [1.54, 1.807) is 18.2 Å². The molecule has 0 radical (unpaired) electrons. The van der Waals surface area contributed by atoms with Crippen molar-refractivity contribution in [2.24, 2.45) is 0 Å². The van der Waals surface area contributed by atoms with Gasteiger partial charge in [0, 0.05) is 5.69 Å². The van der Waals surface area contributed by atoms with Gasteiger partial charge in [0.05, 0.1) is 10.2 Å². The molecule has 3 nitrogen and oxygen atoms in total. The molecule has 0 unspecified atom stereocenters. The van der Waals surface area contributed by atoms with Gasteiger partial charge in [0.25, 0.3) is 0 Å². The average molecular weight is 247 g/mol. The molecule has 0 aliphatic carbocycles. The number of benzene rings is 1. The van der Waals surface area contributed by atoms with Crippen LogP contribution >= 0.6 is 11.3 Å². The number of alkyl halides is 3. The molecule has 3 N–H and O–H groups in total. The lowest BCUT2D eigenvalue weighted by Gasteiger charge is -2.05. The zero-order valence-electron chi connectivity index (χ0n) is 8.01. The second-order valence-corrected chi connectivity index (χ2v) is 4.25. The minimum atomic E-state index is -4.24. The number of hydrogen-bond acceptors (Lipinski definition) is 4. The van der Waals surface area contributed by atoms with Crippen LogP contribution in [0, 0.1) is 0 Å². The van der Waals surface area contributed by atoms with Gasteiger partial charge in [0.1, 0.15) is 6.54 Å². The van der Waals surface area contributed by atoms with Crippen molar-refractivity contribution >= 4 is 32.4 Å². The maximum absolute atomic E-state index is 12.0. The van der Waals surface area contributed by atoms with Crippen LogP contribution in [0.1, 0.15) is 0 Å². The van der Waals surface area contributed by atoms with Gasteiger partial charge in [-0.1, -0.05) is 11.3 Å². The highest BCUT2D eigenvalue weighted by atomic mass is 32.1. The van der Waals surface area contributed by atoms with E-state index in [-0.39, 0.29) is 5.13 Å². The van der Waals surface area contributed by atoms with Gasteiger partial charge < -0.3 is 11.1 Å². The van der Waals surface area contributed by atoms with Gasteiger partial charge in [0.2, 0.25) is 0 Å². The number of nitrogens with two attached hydrogens (primary N) is 1. The summed E-state index contributed by atoms with van der Waals surface area (Å²) in [5.41, 5.74) is 6.77. The summed E-state index contributed by atoms with van der Waals surface area (Å²) < 4.78 is 36.6. The molecule has 16 heavy (non-hydrogen) atoms. The van der Waals surface area contributed by atoms with Crippen molar-refractivity contribution in [3.8, 4) is 0 Å². The smallest absolute Gasteiger partial charge is 0.399 e. The molecule has 0 atom stereocenters. The number of nitrogen functional groups attached to an aromatic ring is 1. The van der Waals surface area contributed by atoms with Crippen LogP contribution in [0.4, 0.5) is 24.0 Å². The summed E-state index contributed by atoms with van der Waals surface area (Å²) in [6.07, 6.45) is -4.24. The van der Waals surface area contributed by atoms with E-state index in [2.05, 4.69) is 10.3 Å². The SMILES string of the molecule is Nc1ccc2nc(NCC(F)(F)F)sc2c1. The summed E-state index contributed by atoms with van der Waals surface area (Å²) in [5.74, 6) is 0. The molecule has 2 rings (SSSR count). The van der Waals surface area contributed by atoms with Crippen LogP contribution in [0.25, 0.3) is 10.2 Å². The highest BCUT2D eigenvalue weighted by molar-refractivity contribution is 7.22. The molecule has 86 valence electrons.